The summed E-state index contributed by atoms with van der Waals surface area (Å²) in [5, 5.41) is 14.3. The second-order valence-electron chi connectivity index (χ2n) is 5.85. The van der Waals surface area contributed by atoms with E-state index in [1.54, 1.807) is 12.1 Å². The highest BCUT2D eigenvalue weighted by molar-refractivity contribution is 5.76. The number of hydrogen-bond donors (Lipinski definition) is 1. The van der Waals surface area contributed by atoms with Crippen molar-refractivity contribution in [2.75, 3.05) is 41.3 Å². The molecule has 1 aromatic rings. The van der Waals surface area contributed by atoms with Gasteiger partial charge >= 0.3 is 0 Å². The molecule has 1 rings (SSSR count). The van der Waals surface area contributed by atoms with Crippen molar-refractivity contribution in [3.05, 3.63) is 23.8 Å². The first-order valence-electron chi connectivity index (χ1n) is 6.73. The van der Waals surface area contributed by atoms with E-state index in [2.05, 4.69) is 26.5 Å². The number of nitrogens with zero attached hydrogens (tertiary/aromatic N) is 1. The summed E-state index contributed by atoms with van der Waals surface area (Å²) in [4.78, 5) is 11.7. The van der Waals surface area contributed by atoms with Gasteiger partial charge in [0, 0.05) is 6.42 Å². The summed E-state index contributed by atoms with van der Waals surface area (Å²) in [7, 11) is 7.73. The zero-order valence-corrected chi connectivity index (χ0v) is 12.7. The van der Waals surface area contributed by atoms with E-state index in [0.717, 1.165) is 16.6 Å². The summed E-state index contributed by atoms with van der Waals surface area (Å²) < 4.78 is 5.80. The molecule has 0 unspecified atom stereocenters. The van der Waals surface area contributed by atoms with Gasteiger partial charge in [-0.15, -0.1) is 0 Å². The van der Waals surface area contributed by atoms with E-state index in [1.165, 1.54) is 13.2 Å². The lowest BCUT2D eigenvalue weighted by Crippen LogP contribution is -2.41. The van der Waals surface area contributed by atoms with Crippen LogP contribution < -0.4 is 15.2 Å². The minimum Gasteiger partial charge on any atom is -0.870 e. The molecule has 0 radical (unpaired) electrons. The van der Waals surface area contributed by atoms with Gasteiger partial charge in [-0.2, -0.15) is 0 Å². The lowest BCUT2D eigenvalue weighted by molar-refractivity contribution is -0.869. The maximum atomic E-state index is 11.7. The number of amides is 1. The van der Waals surface area contributed by atoms with Crippen LogP contribution in [0.2, 0.25) is 0 Å². The van der Waals surface area contributed by atoms with Crippen LogP contribution in [0.5, 0.6) is 11.5 Å². The third-order valence-electron chi connectivity index (χ3n) is 2.97. The molecule has 0 heterocycles. The van der Waals surface area contributed by atoms with Crippen LogP contribution in [-0.2, 0) is 11.2 Å². The number of rotatable bonds is 7. The molecule has 0 aromatic heterocycles. The summed E-state index contributed by atoms with van der Waals surface area (Å²) >= 11 is 0. The molecule has 0 aliphatic carbocycles. The molecule has 1 N–H and O–H groups in total. The number of quaternary nitrogens is 1. The van der Waals surface area contributed by atoms with Crippen molar-refractivity contribution in [3.8, 4) is 11.5 Å². The Balaban J connectivity index is 2.37. The van der Waals surface area contributed by atoms with Gasteiger partial charge in [0.05, 0.1) is 41.3 Å². The van der Waals surface area contributed by atoms with Crippen molar-refractivity contribution in [2.45, 2.75) is 12.8 Å². The number of hydrogen-bond acceptors (Lipinski definition) is 3. The molecular formula is C15H24N2O3. The van der Waals surface area contributed by atoms with Gasteiger partial charge in [0.25, 0.3) is 0 Å². The van der Waals surface area contributed by atoms with Crippen molar-refractivity contribution in [2.24, 2.45) is 0 Å². The Labute approximate surface area is 120 Å². The van der Waals surface area contributed by atoms with Gasteiger partial charge in [-0.1, -0.05) is 17.9 Å². The highest BCUT2D eigenvalue weighted by Gasteiger charge is 2.08. The largest absolute Gasteiger partial charge is 0.870 e. The van der Waals surface area contributed by atoms with Crippen molar-refractivity contribution >= 4 is 5.91 Å². The maximum Gasteiger partial charge on any atom is 0.220 e. The van der Waals surface area contributed by atoms with Crippen LogP contribution in [0, 0.1) is 0 Å². The molecule has 1 aromatic carbocycles. The molecule has 0 fully saturated rings. The maximum absolute atomic E-state index is 11.7. The van der Waals surface area contributed by atoms with E-state index >= 15 is 0 Å². The normalized spacial score (nSPS) is 11.2. The highest BCUT2D eigenvalue weighted by atomic mass is 16.5. The van der Waals surface area contributed by atoms with Crippen LogP contribution in [0.15, 0.2) is 18.2 Å². The molecule has 0 saturated carbocycles. The van der Waals surface area contributed by atoms with Crippen LogP contribution in [0.1, 0.15) is 12.0 Å². The lowest BCUT2D eigenvalue weighted by Gasteiger charge is -2.23. The SMILES string of the molecule is COc1cc(CCC(=O)NCC[N+](C)(C)C)ccc1[O-]. The van der Waals surface area contributed by atoms with E-state index in [1.807, 2.05) is 0 Å². The van der Waals surface area contributed by atoms with Crippen LogP contribution in [0.25, 0.3) is 0 Å². The number of carbonyl (C=O) groups excluding carboxylic acids is 1. The van der Waals surface area contributed by atoms with Crippen LogP contribution in [0.3, 0.4) is 0 Å². The van der Waals surface area contributed by atoms with Crippen molar-refractivity contribution < 1.29 is 19.1 Å². The number of ether oxygens (including phenoxy) is 1. The summed E-state index contributed by atoms with van der Waals surface area (Å²) in [5.74, 6) is 0.222. The number of methoxy groups -OCH3 is 1. The van der Waals surface area contributed by atoms with Crippen LogP contribution >= 0.6 is 0 Å². The zero-order valence-electron chi connectivity index (χ0n) is 12.7. The monoisotopic (exact) mass is 280 g/mol. The molecule has 0 aliphatic rings. The Morgan fingerprint density at radius 2 is 2.05 bits per heavy atom. The minimum absolute atomic E-state index is 0.0311. The number of carbonyl (C=O) groups is 1. The van der Waals surface area contributed by atoms with E-state index in [-0.39, 0.29) is 11.7 Å². The fourth-order valence-electron chi connectivity index (χ4n) is 1.74. The summed E-state index contributed by atoms with van der Waals surface area (Å²) in [6.07, 6.45) is 1.02. The van der Waals surface area contributed by atoms with Crippen molar-refractivity contribution in [1.29, 1.82) is 0 Å². The van der Waals surface area contributed by atoms with Crippen LogP contribution in [0.4, 0.5) is 0 Å². The van der Waals surface area contributed by atoms with Crippen molar-refractivity contribution in [3.63, 3.8) is 0 Å². The van der Waals surface area contributed by atoms with E-state index < -0.39 is 0 Å². The third kappa shape index (κ3) is 5.93. The van der Waals surface area contributed by atoms with E-state index in [9.17, 15) is 9.90 Å². The fraction of sp³-hybridized carbons (Fsp3) is 0.533. The summed E-state index contributed by atoms with van der Waals surface area (Å²) in [6.45, 7) is 1.57. The Bertz CT molecular complexity index is 453. The second kappa shape index (κ2) is 7.14. The molecule has 1 amide bonds. The molecule has 0 saturated heterocycles. The topological polar surface area (TPSA) is 61.4 Å². The second-order valence-corrected chi connectivity index (χ2v) is 5.85. The fourth-order valence-corrected chi connectivity index (χ4v) is 1.74. The van der Waals surface area contributed by atoms with Gasteiger partial charge in [0.1, 0.15) is 5.75 Å². The predicted octanol–water partition coefficient (Wildman–Crippen LogP) is 0.524. The minimum atomic E-state index is -0.136. The number of benzene rings is 1. The Morgan fingerprint density at radius 3 is 2.65 bits per heavy atom. The molecule has 112 valence electrons. The van der Waals surface area contributed by atoms with Gasteiger partial charge in [-0.3, -0.25) is 4.79 Å². The standard InChI is InChI=1S/C15H24N2O3/c1-17(2,3)10-9-16-15(19)8-6-12-5-7-13(18)14(11-12)20-4/h5,7,11H,6,8-10H2,1-4H3,(H-,16,18,19). The predicted molar refractivity (Wildman–Crippen MR) is 76.7 cm³/mol. The molecule has 0 bridgehead atoms. The first kappa shape index (κ1) is 16.3. The van der Waals surface area contributed by atoms with Gasteiger partial charge < -0.3 is 19.6 Å². The van der Waals surface area contributed by atoms with Crippen LogP contribution in [-0.4, -0.2) is 51.7 Å². The smallest absolute Gasteiger partial charge is 0.220 e. The number of likely N-dealkylation sites (N-methyl/N-ethyl adjacent to an activating group) is 1. The molecular weight excluding hydrogens is 256 g/mol. The van der Waals surface area contributed by atoms with Gasteiger partial charge in [-0.05, 0) is 18.1 Å². The molecule has 0 spiro atoms. The van der Waals surface area contributed by atoms with E-state index in [4.69, 9.17) is 4.74 Å². The number of aryl methyl sites for hydroxylation is 1. The first-order chi connectivity index (χ1) is 9.31. The summed E-state index contributed by atoms with van der Waals surface area (Å²) in [6, 6.07) is 4.91. The summed E-state index contributed by atoms with van der Waals surface area (Å²) in [5.41, 5.74) is 0.934. The molecule has 0 atom stereocenters. The zero-order chi connectivity index (χ0) is 15.2. The average molecular weight is 280 g/mol. The highest BCUT2D eigenvalue weighted by Crippen LogP contribution is 2.24. The Morgan fingerprint density at radius 1 is 1.35 bits per heavy atom. The van der Waals surface area contributed by atoms with E-state index in [0.29, 0.717) is 25.1 Å². The quantitative estimate of drug-likeness (QED) is 0.741. The van der Waals surface area contributed by atoms with Crippen molar-refractivity contribution in [1.82, 2.24) is 5.32 Å². The Kier molecular flexibility index (Phi) is 5.82. The molecule has 5 heteroatoms. The Hall–Kier alpha value is -1.75. The lowest BCUT2D eigenvalue weighted by atomic mass is 10.1. The third-order valence-corrected chi connectivity index (χ3v) is 2.97. The average Bonchev–Trinajstić information content (AvgIpc) is 2.36. The molecule has 0 aliphatic heterocycles. The van der Waals surface area contributed by atoms with Gasteiger partial charge in [0.2, 0.25) is 5.91 Å². The van der Waals surface area contributed by atoms with Gasteiger partial charge in [-0.25, -0.2) is 0 Å². The molecule has 20 heavy (non-hydrogen) atoms. The number of nitrogens with one attached hydrogen (secondary N) is 1. The first-order valence-corrected chi connectivity index (χ1v) is 6.73. The molecule has 5 nitrogen and oxygen atoms in total. The van der Waals surface area contributed by atoms with Gasteiger partial charge in [0.15, 0.2) is 0 Å².